The first-order chi connectivity index (χ1) is 8.65. The van der Waals surface area contributed by atoms with Gasteiger partial charge in [-0.25, -0.2) is 0 Å². The zero-order valence-electron chi connectivity index (χ0n) is 13.0. The van der Waals surface area contributed by atoms with Gasteiger partial charge in [0.25, 0.3) is 0 Å². The topological polar surface area (TPSA) is 27.7 Å². The number of nitrogens with one attached hydrogen (secondary N) is 1. The largest absolute Gasteiger partial charge is 0.383 e. The minimum absolute atomic E-state index is 0.494. The van der Waals surface area contributed by atoms with Crippen LogP contribution in [0.15, 0.2) is 0 Å². The highest BCUT2D eigenvalue weighted by Gasteiger charge is 2.16. The number of ether oxygens (including phenoxy) is 1. The molecule has 0 saturated carbocycles. The Hall–Kier alpha value is -0.160. The van der Waals surface area contributed by atoms with E-state index in [9.17, 15) is 0 Å². The molecule has 18 heavy (non-hydrogen) atoms. The molecule has 1 N–H and O–H groups in total. The van der Waals surface area contributed by atoms with Gasteiger partial charge in [-0.05, 0) is 53.1 Å². The lowest BCUT2D eigenvalue weighted by molar-refractivity contribution is 0.0902. The molecular weight excluding hydrogens is 226 g/mol. The summed E-state index contributed by atoms with van der Waals surface area (Å²) in [5.41, 5.74) is 0. The molecule has 0 spiro atoms. The maximum atomic E-state index is 5.35. The lowest BCUT2D eigenvalue weighted by Crippen LogP contribution is -2.46. The van der Waals surface area contributed by atoms with Crippen LogP contribution in [0.2, 0.25) is 0 Å². The van der Waals surface area contributed by atoms with Crippen LogP contribution in [0, 0.1) is 0 Å². The molecule has 0 aliphatic heterocycles. The van der Waals surface area contributed by atoms with Crippen molar-refractivity contribution in [2.75, 3.05) is 60.5 Å². The molecule has 1 unspecified atom stereocenters. The first-order valence-electron chi connectivity index (χ1n) is 7.24. The van der Waals surface area contributed by atoms with Gasteiger partial charge in [0.1, 0.15) is 0 Å². The number of methoxy groups -OCH3 is 1. The van der Waals surface area contributed by atoms with Crippen LogP contribution in [-0.4, -0.2) is 76.4 Å². The SMILES string of the molecule is CCCNCC(COC)N(CC)CCCN(C)C. The van der Waals surface area contributed by atoms with Crippen LogP contribution in [0.5, 0.6) is 0 Å². The van der Waals surface area contributed by atoms with E-state index >= 15 is 0 Å². The Morgan fingerprint density at radius 2 is 1.89 bits per heavy atom. The van der Waals surface area contributed by atoms with Crippen molar-refractivity contribution in [2.24, 2.45) is 0 Å². The molecule has 0 amide bonds. The van der Waals surface area contributed by atoms with Gasteiger partial charge in [0.2, 0.25) is 0 Å². The molecule has 0 saturated heterocycles. The van der Waals surface area contributed by atoms with Gasteiger partial charge >= 0.3 is 0 Å². The fraction of sp³-hybridized carbons (Fsp3) is 1.00. The number of rotatable bonds is 12. The molecular formula is C14H33N3O. The van der Waals surface area contributed by atoms with Gasteiger partial charge in [0.15, 0.2) is 0 Å². The second-order valence-corrected chi connectivity index (χ2v) is 5.10. The summed E-state index contributed by atoms with van der Waals surface area (Å²) in [5.74, 6) is 0. The quantitative estimate of drug-likeness (QED) is 0.534. The normalized spacial score (nSPS) is 13.5. The van der Waals surface area contributed by atoms with Crippen molar-refractivity contribution in [1.82, 2.24) is 15.1 Å². The van der Waals surface area contributed by atoms with E-state index in [1.165, 1.54) is 12.8 Å². The van der Waals surface area contributed by atoms with E-state index in [1.54, 1.807) is 7.11 Å². The summed E-state index contributed by atoms with van der Waals surface area (Å²) < 4.78 is 5.35. The predicted octanol–water partition coefficient (Wildman–Crippen LogP) is 1.27. The summed E-state index contributed by atoms with van der Waals surface area (Å²) in [5, 5.41) is 3.50. The average Bonchev–Trinajstić information content (AvgIpc) is 2.34. The van der Waals surface area contributed by atoms with Crippen LogP contribution in [-0.2, 0) is 4.74 Å². The highest BCUT2D eigenvalue weighted by atomic mass is 16.5. The molecule has 0 aromatic heterocycles. The monoisotopic (exact) mass is 259 g/mol. The molecule has 0 aromatic carbocycles. The number of nitrogens with zero attached hydrogens (tertiary/aromatic N) is 2. The van der Waals surface area contributed by atoms with E-state index in [1.807, 2.05) is 0 Å². The first-order valence-corrected chi connectivity index (χ1v) is 7.24. The summed E-state index contributed by atoms with van der Waals surface area (Å²) in [4.78, 5) is 4.77. The molecule has 0 bridgehead atoms. The number of likely N-dealkylation sites (N-methyl/N-ethyl adjacent to an activating group) is 1. The summed E-state index contributed by atoms with van der Waals surface area (Å²) in [6.07, 6.45) is 2.40. The average molecular weight is 259 g/mol. The predicted molar refractivity (Wildman–Crippen MR) is 79.2 cm³/mol. The maximum absolute atomic E-state index is 5.35. The zero-order chi connectivity index (χ0) is 13.8. The first kappa shape index (κ1) is 17.8. The molecule has 0 fully saturated rings. The lowest BCUT2D eigenvalue weighted by atomic mass is 10.2. The van der Waals surface area contributed by atoms with Crippen molar-refractivity contribution in [3.63, 3.8) is 0 Å². The molecule has 0 aliphatic carbocycles. The van der Waals surface area contributed by atoms with Gasteiger partial charge in [-0.15, -0.1) is 0 Å². The van der Waals surface area contributed by atoms with E-state index in [0.717, 1.165) is 39.3 Å². The smallest absolute Gasteiger partial charge is 0.0630 e. The Kier molecular flexibility index (Phi) is 11.8. The Morgan fingerprint density at radius 1 is 1.17 bits per heavy atom. The van der Waals surface area contributed by atoms with Crippen molar-refractivity contribution < 1.29 is 4.74 Å². The van der Waals surface area contributed by atoms with E-state index in [2.05, 4.69) is 43.1 Å². The van der Waals surface area contributed by atoms with Crippen molar-refractivity contribution >= 4 is 0 Å². The van der Waals surface area contributed by atoms with Gasteiger partial charge in [-0.3, -0.25) is 4.90 Å². The van der Waals surface area contributed by atoms with E-state index in [0.29, 0.717) is 6.04 Å². The van der Waals surface area contributed by atoms with Crippen molar-refractivity contribution in [3.8, 4) is 0 Å². The fourth-order valence-electron chi connectivity index (χ4n) is 2.12. The zero-order valence-corrected chi connectivity index (χ0v) is 13.0. The molecule has 0 radical (unpaired) electrons. The van der Waals surface area contributed by atoms with Crippen LogP contribution >= 0.6 is 0 Å². The highest BCUT2D eigenvalue weighted by Crippen LogP contribution is 2.02. The Labute approximate surface area is 114 Å². The fourth-order valence-corrected chi connectivity index (χ4v) is 2.12. The third-order valence-corrected chi connectivity index (χ3v) is 3.14. The molecule has 4 nitrogen and oxygen atoms in total. The van der Waals surface area contributed by atoms with Gasteiger partial charge in [-0.2, -0.15) is 0 Å². The third kappa shape index (κ3) is 8.86. The van der Waals surface area contributed by atoms with Gasteiger partial charge in [0, 0.05) is 19.7 Å². The molecule has 110 valence electrons. The van der Waals surface area contributed by atoms with Crippen LogP contribution < -0.4 is 5.32 Å². The van der Waals surface area contributed by atoms with Crippen LogP contribution in [0.25, 0.3) is 0 Å². The van der Waals surface area contributed by atoms with Gasteiger partial charge in [-0.1, -0.05) is 13.8 Å². The summed E-state index contributed by atoms with van der Waals surface area (Å²) in [6, 6.07) is 0.494. The standard InChI is InChI=1S/C14H33N3O/c1-6-9-15-12-14(13-18-5)17(7-2)11-8-10-16(3)4/h14-15H,6-13H2,1-5H3. The van der Waals surface area contributed by atoms with E-state index in [-0.39, 0.29) is 0 Å². The Morgan fingerprint density at radius 3 is 2.39 bits per heavy atom. The van der Waals surface area contributed by atoms with Crippen molar-refractivity contribution in [2.45, 2.75) is 32.7 Å². The van der Waals surface area contributed by atoms with E-state index < -0.39 is 0 Å². The number of hydrogen-bond acceptors (Lipinski definition) is 4. The summed E-state index contributed by atoms with van der Waals surface area (Å²) >= 11 is 0. The molecule has 0 aliphatic rings. The molecule has 0 heterocycles. The van der Waals surface area contributed by atoms with Crippen LogP contribution in [0.1, 0.15) is 26.7 Å². The molecule has 0 aromatic rings. The Bertz CT molecular complexity index is 176. The Balaban J connectivity index is 4.06. The van der Waals surface area contributed by atoms with Gasteiger partial charge < -0.3 is 15.0 Å². The van der Waals surface area contributed by atoms with Crippen LogP contribution in [0.3, 0.4) is 0 Å². The summed E-state index contributed by atoms with van der Waals surface area (Å²) in [7, 11) is 6.05. The molecule has 0 rings (SSSR count). The third-order valence-electron chi connectivity index (χ3n) is 3.14. The number of hydrogen-bond donors (Lipinski definition) is 1. The minimum atomic E-state index is 0.494. The van der Waals surface area contributed by atoms with Gasteiger partial charge in [0.05, 0.1) is 6.61 Å². The second-order valence-electron chi connectivity index (χ2n) is 5.10. The molecule has 1 atom stereocenters. The lowest BCUT2D eigenvalue weighted by Gasteiger charge is -2.31. The van der Waals surface area contributed by atoms with E-state index in [4.69, 9.17) is 4.74 Å². The maximum Gasteiger partial charge on any atom is 0.0630 e. The highest BCUT2D eigenvalue weighted by molar-refractivity contribution is 4.73. The molecule has 4 heteroatoms. The van der Waals surface area contributed by atoms with Crippen molar-refractivity contribution in [3.05, 3.63) is 0 Å². The summed E-state index contributed by atoms with van der Waals surface area (Å²) in [6.45, 7) is 10.8. The minimum Gasteiger partial charge on any atom is -0.383 e. The second kappa shape index (κ2) is 11.9. The van der Waals surface area contributed by atoms with Crippen molar-refractivity contribution in [1.29, 1.82) is 0 Å². The van der Waals surface area contributed by atoms with Crippen LogP contribution in [0.4, 0.5) is 0 Å².